The highest BCUT2D eigenvalue weighted by molar-refractivity contribution is 6.74. The minimum absolute atomic E-state index is 0.0296. The second-order valence-corrected chi connectivity index (χ2v) is 13.5. The summed E-state index contributed by atoms with van der Waals surface area (Å²) in [6.07, 6.45) is 4.36. The highest BCUT2D eigenvalue weighted by Crippen LogP contribution is 2.38. The van der Waals surface area contributed by atoms with Crippen molar-refractivity contribution in [2.24, 2.45) is 0 Å². The van der Waals surface area contributed by atoms with Gasteiger partial charge >= 0.3 is 0 Å². The Morgan fingerprint density at radius 2 is 2.04 bits per heavy atom. The number of epoxide rings is 1. The van der Waals surface area contributed by atoms with Crippen molar-refractivity contribution in [2.45, 2.75) is 88.7 Å². The predicted octanol–water partition coefficient (Wildman–Crippen LogP) is 3.28. The van der Waals surface area contributed by atoms with Gasteiger partial charge in [-0.15, -0.1) is 6.58 Å². The molecule has 2 fully saturated rings. The molecule has 6 heteroatoms. The SMILES string of the molecule is C=CC[C@H]1OCCC[C@@H]1O[C@@H](CO[Si](C)(C)C(C)(C)C)[C@H]1O[C@@H]1CO. The van der Waals surface area contributed by atoms with E-state index in [-0.39, 0.29) is 42.2 Å². The summed E-state index contributed by atoms with van der Waals surface area (Å²) in [6.45, 7) is 16.3. The maximum atomic E-state index is 9.37. The van der Waals surface area contributed by atoms with Crippen molar-refractivity contribution in [1.82, 2.24) is 0 Å². The van der Waals surface area contributed by atoms with Gasteiger partial charge in [0.05, 0.1) is 25.4 Å². The summed E-state index contributed by atoms with van der Waals surface area (Å²) >= 11 is 0. The number of aliphatic hydroxyl groups excluding tert-OH is 1. The molecule has 0 aromatic rings. The van der Waals surface area contributed by atoms with Crippen molar-refractivity contribution in [3.05, 3.63) is 12.7 Å². The van der Waals surface area contributed by atoms with E-state index in [0.717, 1.165) is 25.9 Å². The Labute approximate surface area is 153 Å². The fraction of sp³-hybridized carbons (Fsp3) is 0.895. The molecule has 1 N–H and O–H groups in total. The average Bonchev–Trinajstić information content (AvgIpc) is 3.31. The van der Waals surface area contributed by atoms with Gasteiger partial charge in [0, 0.05) is 6.61 Å². The first-order valence-electron chi connectivity index (χ1n) is 9.48. The van der Waals surface area contributed by atoms with E-state index < -0.39 is 8.32 Å². The zero-order valence-electron chi connectivity index (χ0n) is 16.5. The maximum absolute atomic E-state index is 9.37. The molecule has 2 rings (SSSR count). The van der Waals surface area contributed by atoms with Gasteiger partial charge in [-0.1, -0.05) is 26.8 Å². The summed E-state index contributed by atoms with van der Waals surface area (Å²) < 4.78 is 24.3. The zero-order chi connectivity index (χ0) is 18.7. The second-order valence-electron chi connectivity index (χ2n) is 8.68. The first kappa shape index (κ1) is 21.1. The van der Waals surface area contributed by atoms with E-state index in [9.17, 15) is 5.11 Å². The van der Waals surface area contributed by atoms with Crippen LogP contribution < -0.4 is 0 Å². The van der Waals surface area contributed by atoms with E-state index in [1.807, 2.05) is 6.08 Å². The third kappa shape index (κ3) is 5.61. The number of ether oxygens (including phenoxy) is 3. The molecule has 2 aliphatic rings. The van der Waals surface area contributed by atoms with Gasteiger partial charge < -0.3 is 23.7 Å². The van der Waals surface area contributed by atoms with E-state index in [2.05, 4.69) is 40.4 Å². The molecule has 0 unspecified atom stereocenters. The standard InChI is InChI=1S/C19H36O5Si/c1-7-9-14-15(10-8-11-21-14)23-17(18-16(12-20)24-18)13-22-25(5,6)19(2,3)4/h7,14-18,20H,1,8-13H2,2-6H3/t14-,15+,16-,17+,18+/m1/s1. The Morgan fingerprint density at radius 1 is 1.32 bits per heavy atom. The van der Waals surface area contributed by atoms with Crippen LogP contribution in [-0.2, 0) is 18.6 Å². The van der Waals surface area contributed by atoms with Crippen LogP contribution >= 0.6 is 0 Å². The van der Waals surface area contributed by atoms with Crippen molar-refractivity contribution < 1.29 is 23.7 Å². The molecular formula is C19H36O5Si. The minimum Gasteiger partial charge on any atom is -0.414 e. The van der Waals surface area contributed by atoms with Crippen LogP contribution in [0.4, 0.5) is 0 Å². The van der Waals surface area contributed by atoms with Crippen LogP contribution in [0.3, 0.4) is 0 Å². The maximum Gasteiger partial charge on any atom is 0.192 e. The summed E-state index contributed by atoms with van der Waals surface area (Å²) in [6, 6.07) is 0. The number of hydrogen-bond acceptors (Lipinski definition) is 5. The van der Waals surface area contributed by atoms with Crippen LogP contribution in [0.15, 0.2) is 12.7 Å². The van der Waals surface area contributed by atoms with E-state index in [4.69, 9.17) is 18.6 Å². The van der Waals surface area contributed by atoms with Gasteiger partial charge in [0.1, 0.15) is 18.3 Å². The lowest BCUT2D eigenvalue weighted by atomic mass is 10.0. The summed E-state index contributed by atoms with van der Waals surface area (Å²) in [7, 11) is -1.86. The topological polar surface area (TPSA) is 60.5 Å². The molecule has 0 radical (unpaired) electrons. The summed E-state index contributed by atoms with van der Waals surface area (Å²) in [5, 5.41) is 9.52. The van der Waals surface area contributed by atoms with Gasteiger partial charge in [0.2, 0.25) is 0 Å². The molecule has 0 spiro atoms. The Hall–Kier alpha value is -0.243. The smallest absolute Gasteiger partial charge is 0.192 e. The van der Waals surface area contributed by atoms with E-state index in [1.54, 1.807) is 0 Å². The van der Waals surface area contributed by atoms with Gasteiger partial charge in [-0.05, 0) is 37.4 Å². The Balaban J connectivity index is 2.00. The molecule has 2 aliphatic heterocycles. The van der Waals surface area contributed by atoms with Crippen LogP contribution in [0.1, 0.15) is 40.0 Å². The molecule has 0 aromatic heterocycles. The largest absolute Gasteiger partial charge is 0.414 e. The zero-order valence-corrected chi connectivity index (χ0v) is 17.5. The number of hydrogen-bond donors (Lipinski definition) is 1. The molecule has 0 bridgehead atoms. The van der Waals surface area contributed by atoms with Crippen LogP contribution in [0.25, 0.3) is 0 Å². The van der Waals surface area contributed by atoms with Crippen LogP contribution in [0, 0.1) is 0 Å². The molecule has 146 valence electrons. The Bertz CT molecular complexity index is 434. The molecule has 5 atom stereocenters. The average molecular weight is 373 g/mol. The lowest BCUT2D eigenvalue weighted by molar-refractivity contribution is -0.140. The van der Waals surface area contributed by atoms with Crippen molar-refractivity contribution in [1.29, 1.82) is 0 Å². The third-order valence-electron chi connectivity index (χ3n) is 5.71. The molecule has 25 heavy (non-hydrogen) atoms. The normalized spacial score (nSPS) is 31.6. The van der Waals surface area contributed by atoms with Crippen LogP contribution in [-0.4, -0.2) is 63.8 Å². The molecule has 5 nitrogen and oxygen atoms in total. The molecule has 2 saturated heterocycles. The van der Waals surface area contributed by atoms with Gasteiger partial charge in [-0.2, -0.15) is 0 Å². The third-order valence-corrected chi connectivity index (χ3v) is 10.2. The highest BCUT2D eigenvalue weighted by Gasteiger charge is 2.48. The van der Waals surface area contributed by atoms with E-state index >= 15 is 0 Å². The molecule has 0 amide bonds. The molecule has 2 heterocycles. The molecular weight excluding hydrogens is 336 g/mol. The van der Waals surface area contributed by atoms with Gasteiger partial charge in [0.25, 0.3) is 0 Å². The summed E-state index contributed by atoms with van der Waals surface area (Å²) in [5.74, 6) is 0. The van der Waals surface area contributed by atoms with Crippen molar-refractivity contribution in [3.8, 4) is 0 Å². The van der Waals surface area contributed by atoms with Crippen LogP contribution in [0.5, 0.6) is 0 Å². The first-order chi connectivity index (χ1) is 11.7. The van der Waals surface area contributed by atoms with Gasteiger partial charge in [-0.25, -0.2) is 0 Å². The number of rotatable bonds is 9. The molecule has 0 aromatic carbocycles. The minimum atomic E-state index is -1.86. The molecule has 0 saturated carbocycles. The van der Waals surface area contributed by atoms with Crippen molar-refractivity contribution in [2.75, 3.05) is 19.8 Å². The van der Waals surface area contributed by atoms with Crippen molar-refractivity contribution >= 4 is 8.32 Å². The fourth-order valence-electron chi connectivity index (χ4n) is 2.93. The van der Waals surface area contributed by atoms with Crippen molar-refractivity contribution in [3.63, 3.8) is 0 Å². The van der Waals surface area contributed by atoms with E-state index in [0.29, 0.717) is 6.61 Å². The summed E-state index contributed by atoms with van der Waals surface area (Å²) in [5.41, 5.74) is 0. The van der Waals surface area contributed by atoms with Gasteiger partial charge in [-0.3, -0.25) is 0 Å². The highest BCUT2D eigenvalue weighted by atomic mass is 28.4. The Kier molecular flexibility index (Phi) is 7.27. The quantitative estimate of drug-likeness (QED) is 0.382. The lowest BCUT2D eigenvalue weighted by Gasteiger charge is -2.38. The van der Waals surface area contributed by atoms with Crippen LogP contribution in [0.2, 0.25) is 18.1 Å². The number of aliphatic hydroxyl groups is 1. The lowest BCUT2D eigenvalue weighted by Crippen LogP contribution is -2.46. The summed E-state index contributed by atoms with van der Waals surface area (Å²) in [4.78, 5) is 0. The van der Waals surface area contributed by atoms with Gasteiger partial charge in [0.15, 0.2) is 8.32 Å². The Morgan fingerprint density at radius 3 is 2.60 bits per heavy atom. The predicted molar refractivity (Wildman–Crippen MR) is 101 cm³/mol. The first-order valence-corrected chi connectivity index (χ1v) is 12.4. The molecule has 0 aliphatic carbocycles. The fourth-order valence-corrected chi connectivity index (χ4v) is 3.94. The van der Waals surface area contributed by atoms with E-state index in [1.165, 1.54) is 0 Å². The second kappa shape index (κ2) is 8.63. The monoisotopic (exact) mass is 372 g/mol.